The van der Waals surface area contributed by atoms with E-state index in [1.165, 1.54) is 11.8 Å². The lowest BCUT2D eigenvalue weighted by Crippen LogP contribution is -2.29. The Morgan fingerprint density at radius 2 is 1.79 bits per heavy atom. The van der Waals surface area contributed by atoms with E-state index >= 15 is 0 Å². The third kappa shape index (κ3) is 3.39. The average Bonchev–Trinajstić information content (AvgIpc) is 3.12. The van der Waals surface area contributed by atoms with Crippen molar-refractivity contribution >= 4 is 39.9 Å². The topological polar surface area (TPSA) is 76.8 Å². The molecule has 6 nitrogen and oxygen atoms in total. The van der Waals surface area contributed by atoms with Crippen molar-refractivity contribution in [1.82, 2.24) is 0 Å². The number of rotatable bonds is 4. The van der Waals surface area contributed by atoms with Crippen molar-refractivity contribution in [2.75, 3.05) is 12.0 Å². The van der Waals surface area contributed by atoms with Crippen molar-refractivity contribution in [1.29, 1.82) is 0 Å². The second kappa shape index (κ2) is 7.90. The highest BCUT2D eigenvalue weighted by molar-refractivity contribution is 6.31. The van der Waals surface area contributed by atoms with Crippen LogP contribution in [0, 0.1) is 0 Å². The second-order valence-corrected chi connectivity index (χ2v) is 8.21. The number of ether oxygens (including phenoxy) is 1. The quantitative estimate of drug-likeness (QED) is 0.381. The van der Waals surface area contributed by atoms with E-state index < -0.39 is 11.9 Å². The molecule has 1 aliphatic rings. The molecule has 164 valence electrons. The van der Waals surface area contributed by atoms with Crippen molar-refractivity contribution in [3.8, 4) is 5.75 Å². The standard InChI is InChI=1S/C26H18ClNO5/c1-14(29)15-6-9-18(10-7-15)28-23(16-4-3-5-19(12-16)32-2)22-24(30)20-13-17(27)8-11-21(20)33-25(22)26(28)31/h3-13,23H,1-2H3. The number of amides is 1. The number of halogens is 1. The Kier molecular flexibility index (Phi) is 5.02. The van der Waals surface area contributed by atoms with E-state index in [0.717, 1.165) is 0 Å². The molecule has 1 atom stereocenters. The fraction of sp³-hybridized carbons (Fsp3) is 0.115. The zero-order valence-corrected chi connectivity index (χ0v) is 18.6. The monoisotopic (exact) mass is 459 g/mol. The van der Waals surface area contributed by atoms with Crippen LogP contribution in [0.4, 0.5) is 5.69 Å². The van der Waals surface area contributed by atoms with Crippen LogP contribution >= 0.6 is 11.6 Å². The summed E-state index contributed by atoms with van der Waals surface area (Å²) in [5, 5.41) is 0.699. The molecule has 0 saturated heterocycles. The van der Waals surface area contributed by atoms with Crippen LogP contribution in [-0.4, -0.2) is 18.8 Å². The number of hydrogen-bond donors (Lipinski definition) is 0. The van der Waals surface area contributed by atoms with Gasteiger partial charge in [-0.2, -0.15) is 0 Å². The molecule has 0 spiro atoms. The summed E-state index contributed by atoms with van der Waals surface area (Å²) in [5.41, 5.74) is 1.94. The van der Waals surface area contributed by atoms with Crippen LogP contribution in [0.25, 0.3) is 11.0 Å². The zero-order chi connectivity index (χ0) is 23.3. The van der Waals surface area contributed by atoms with Crippen LogP contribution in [0.3, 0.4) is 0 Å². The van der Waals surface area contributed by atoms with Gasteiger partial charge in [-0.3, -0.25) is 19.3 Å². The SMILES string of the molecule is COc1cccc(C2c3c(oc4ccc(Cl)cc4c3=O)C(=O)N2c2ccc(C(C)=O)cc2)c1. The number of Topliss-reactive ketones (excluding diaryl/α,β-unsaturated/α-hetero) is 1. The Bertz CT molecular complexity index is 1490. The van der Waals surface area contributed by atoms with Gasteiger partial charge in [0.1, 0.15) is 11.3 Å². The summed E-state index contributed by atoms with van der Waals surface area (Å²) in [6.45, 7) is 1.48. The highest BCUT2D eigenvalue weighted by Gasteiger charge is 2.43. The molecule has 1 unspecified atom stereocenters. The van der Waals surface area contributed by atoms with Crippen molar-refractivity contribution in [3.63, 3.8) is 0 Å². The van der Waals surface area contributed by atoms with Crippen molar-refractivity contribution in [2.45, 2.75) is 13.0 Å². The van der Waals surface area contributed by atoms with Gasteiger partial charge < -0.3 is 9.15 Å². The first-order chi connectivity index (χ1) is 15.9. The fourth-order valence-electron chi connectivity index (χ4n) is 4.20. The Morgan fingerprint density at radius 3 is 2.48 bits per heavy atom. The fourth-order valence-corrected chi connectivity index (χ4v) is 4.37. The molecule has 0 saturated carbocycles. The van der Waals surface area contributed by atoms with Crippen LogP contribution in [0.15, 0.2) is 75.9 Å². The lowest BCUT2D eigenvalue weighted by Gasteiger charge is -2.25. The van der Waals surface area contributed by atoms with E-state index in [1.54, 1.807) is 67.8 Å². The summed E-state index contributed by atoms with van der Waals surface area (Å²) in [6.07, 6.45) is 0. The van der Waals surface area contributed by atoms with Gasteiger partial charge in [0, 0.05) is 16.3 Å². The lowest BCUT2D eigenvalue weighted by atomic mass is 9.98. The number of hydrogen-bond acceptors (Lipinski definition) is 5. The van der Waals surface area contributed by atoms with Gasteiger partial charge in [-0.25, -0.2) is 0 Å². The summed E-state index contributed by atoms with van der Waals surface area (Å²) in [7, 11) is 1.55. The van der Waals surface area contributed by atoms with Gasteiger partial charge in [0.2, 0.25) is 5.76 Å². The van der Waals surface area contributed by atoms with Crippen LogP contribution in [0.1, 0.15) is 45.0 Å². The molecule has 0 N–H and O–H groups in total. The first kappa shape index (κ1) is 21.0. The lowest BCUT2D eigenvalue weighted by molar-refractivity contribution is 0.0970. The van der Waals surface area contributed by atoms with Gasteiger partial charge in [0.15, 0.2) is 11.2 Å². The van der Waals surface area contributed by atoms with Crippen molar-refractivity contribution < 1.29 is 18.7 Å². The van der Waals surface area contributed by atoms with E-state index in [0.29, 0.717) is 33.0 Å². The molecule has 0 bridgehead atoms. The molecule has 4 aromatic rings. The zero-order valence-electron chi connectivity index (χ0n) is 17.8. The van der Waals surface area contributed by atoms with Gasteiger partial charge >= 0.3 is 0 Å². The predicted octanol–water partition coefficient (Wildman–Crippen LogP) is 5.41. The van der Waals surface area contributed by atoms with Crippen LogP contribution in [-0.2, 0) is 0 Å². The summed E-state index contributed by atoms with van der Waals surface area (Å²) in [4.78, 5) is 40.4. The van der Waals surface area contributed by atoms with Crippen LogP contribution in [0.5, 0.6) is 5.75 Å². The third-order valence-electron chi connectivity index (χ3n) is 5.79. The molecule has 0 radical (unpaired) electrons. The number of ketones is 1. The third-order valence-corrected chi connectivity index (χ3v) is 6.03. The number of methoxy groups -OCH3 is 1. The molecule has 3 aromatic carbocycles. The van der Waals surface area contributed by atoms with Gasteiger partial charge in [0.25, 0.3) is 5.91 Å². The summed E-state index contributed by atoms with van der Waals surface area (Å²) in [6, 6.07) is 17.9. The smallest absolute Gasteiger partial charge is 0.295 e. The molecule has 0 aliphatic carbocycles. The number of fused-ring (bicyclic) bond motifs is 2. The summed E-state index contributed by atoms with van der Waals surface area (Å²) < 4.78 is 11.3. The molecular weight excluding hydrogens is 442 g/mol. The summed E-state index contributed by atoms with van der Waals surface area (Å²) in [5.74, 6) is 0.0519. The second-order valence-electron chi connectivity index (χ2n) is 7.77. The maximum Gasteiger partial charge on any atom is 0.295 e. The van der Waals surface area contributed by atoms with Crippen molar-refractivity contribution in [2.24, 2.45) is 0 Å². The van der Waals surface area contributed by atoms with Crippen LogP contribution < -0.4 is 15.1 Å². The number of carbonyl (C=O) groups is 2. The van der Waals surface area contributed by atoms with Crippen molar-refractivity contribution in [3.05, 3.63) is 104 Å². The number of benzene rings is 3. The largest absolute Gasteiger partial charge is 0.497 e. The Morgan fingerprint density at radius 1 is 1.03 bits per heavy atom. The first-order valence-corrected chi connectivity index (χ1v) is 10.6. The van der Waals surface area contributed by atoms with Gasteiger partial charge in [-0.15, -0.1) is 0 Å². The number of carbonyl (C=O) groups excluding carboxylic acids is 2. The highest BCUT2D eigenvalue weighted by atomic mass is 35.5. The average molecular weight is 460 g/mol. The minimum Gasteiger partial charge on any atom is -0.497 e. The molecule has 7 heteroatoms. The van der Waals surface area contributed by atoms with Crippen LogP contribution in [0.2, 0.25) is 5.02 Å². The molecule has 33 heavy (non-hydrogen) atoms. The Labute approximate surface area is 194 Å². The maximum absolute atomic E-state index is 13.6. The minimum atomic E-state index is -0.745. The Hall–Kier alpha value is -3.90. The predicted molar refractivity (Wildman–Crippen MR) is 126 cm³/mol. The molecule has 2 heterocycles. The number of nitrogens with zero attached hydrogens (tertiary/aromatic N) is 1. The maximum atomic E-state index is 13.6. The molecule has 1 amide bonds. The molecular formula is C26H18ClNO5. The normalized spacial score (nSPS) is 15.1. The highest BCUT2D eigenvalue weighted by Crippen LogP contribution is 2.42. The number of anilines is 1. The molecule has 1 aromatic heterocycles. The summed E-state index contributed by atoms with van der Waals surface area (Å²) >= 11 is 6.13. The van der Waals surface area contributed by atoms with E-state index in [2.05, 4.69) is 0 Å². The van der Waals surface area contributed by atoms with Gasteiger partial charge in [0.05, 0.1) is 24.1 Å². The first-order valence-electron chi connectivity index (χ1n) is 10.2. The molecule has 0 fully saturated rings. The van der Waals surface area contributed by atoms with Gasteiger partial charge in [-0.05, 0) is 67.1 Å². The van der Waals surface area contributed by atoms with E-state index in [4.69, 9.17) is 20.8 Å². The van der Waals surface area contributed by atoms with Gasteiger partial charge in [-0.1, -0.05) is 23.7 Å². The van der Waals surface area contributed by atoms with E-state index in [1.807, 2.05) is 6.07 Å². The molecule has 5 rings (SSSR count). The molecule has 1 aliphatic heterocycles. The van der Waals surface area contributed by atoms with E-state index in [9.17, 15) is 14.4 Å². The van der Waals surface area contributed by atoms with E-state index in [-0.39, 0.29) is 28.1 Å². The Balaban J connectivity index is 1.78. The minimum absolute atomic E-state index is 0.0155.